The Morgan fingerprint density at radius 2 is 1.02 bits per heavy atom. The molecule has 0 amide bonds. The maximum atomic E-state index is 12.5. The zero-order chi connectivity index (χ0) is 30.4. The fourth-order valence-electron chi connectivity index (χ4n) is 2.49. The third-order valence-corrected chi connectivity index (χ3v) is 15.5. The van der Waals surface area contributed by atoms with Gasteiger partial charge in [-0.2, -0.15) is 0 Å². The molecule has 3 aromatic rings. The zero-order valence-electron chi connectivity index (χ0n) is 20.9. The van der Waals surface area contributed by atoms with Crippen LogP contribution in [-0.4, -0.2) is 27.9 Å². The van der Waals surface area contributed by atoms with Crippen molar-refractivity contribution in [3.8, 4) is 0 Å². The van der Waals surface area contributed by atoms with Gasteiger partial charge in [-0.1, -0.05) is 0 Å². The fourth-order valence-corrected chi connectivity index (χ4v) is 11.8. The Kier molecular flexibility index (Phi) is 11.9. The van der Waals surface area contributed by atoms with Crippen molar-refractivity contribution in [2.75, 3.05) is 0 Å². The Balaban J connectivity index is 0.000000282. The fraction of sp³-hybridized carbons (Fsp3) is 0.250. The molecule has 0 fully saturated rings. The molecule has 0 N–H and O–H groups in total. The van der Waals surface area contributed by atoms with Gasteiger partial charge in [0.2, 0.25) is 0 Å². The van der Waals surface area contributed by atoms with Crippen molar-refractivity contribution in [2.45, 2.75) is 37.2 Å². The normalized spacial score (nSPS) is 13.4. The quantitative estimate of drug-likeness (QED) is 0.203. The van der Waals surface area contributed by atoms with Gasteiger partial charge in [0.25, 0.3) is 0 Å². The van der Waals surface area contributed by atoms with Crippen LogP contribution < -0.4 is 21.6 Å². The molecule has 0 radical (unpaired) electrons. The summed E-state index contributed by atoms with van der Waals surface area (Å²) in [4.78, 5) is 0. The average Bonchev–Trinajstić information content (AvgIpc) is 2.86. The molecule has 0 heterocycles. The molecular formula is C24H23F6I2O6S2-. The first-order valence-electron chi connectivity index (χ1n) is 10.8. The van der Waals surface area contributed by atoms with Crippen LogP contribution in [0.1, 0.15) is 26.3 Å². The van der Waals surface area contributed by atoms with Crippen LogP contribution in [0.2, 0.25) is 0 Å². The predicted molar refractivity (Wildman–Crippen MR) is 140 cm³/mol. The third kappa shape index (κ3) is 10.1. The summed E-state index contributed by atoms with van der Waals surface area (Å²) in [7, 11) is -11.1. The minimum absolute atomic E-state index is 0.0737. The van der Waals surface area contributed by atoms with E-state index in [0.29, 0.717) is 10.7 Å². The molecule has 0 spiro atoms. The molecule has 0 atom stereocenters. The molecule has 0 aliphatic rings. The van der Waals surface area contributed by atoms with E-state index in [-0.39, 0.29) is 5.41 Å². The van der Waals surface area contributed by atoms with Crippen LogP contribution in [0.5, 0.6) is 0 Å². The summed E-state index contributed by atoms with van der Waals surface area (Å²) in [6.07, 6.45) is 0. The number of halogens is 8. The van der Waals surface area contributed by atoms with Gasteiger partial charge in [-0.15, -0.1) is 0 Å². The summed E-state index contributed by atoms with van der Waals surface area (Å²) in [6, 6.07) is 22.9. The Morgan fingerprint density at radius 3 is 1.38 bits per heavy atom. The molecule has 6 nitrogen and oxygen atoms in total. The van der Waals surface area contributed by atoms with Gasteiger partial charge in [0.15, 0.2) is 0 Å². The summed E-state index contributed by atoms with van der Waals surface area (Å²) < 4.78 is 128. The van der Waals surface area contributed by atoms with Crippen molar-refractivity contribution in [1.82, 2.24) is 0 Å². The average molecular weight is 839 g/mol. The van der Waals surface area contributed by atoms with Crippen LogP contribution in [0, 0.1) is 10.7 Å². The molecule has 0 aromatic heterocycles. The SMILES string of the molecule is CC(C)(C)c1ccc([I-]OS(=O)(=O)C(F)(F)F)cc1.O=S(=O)(OI(c1ccccc1)c1ccccc1)C(F)(F)F. The second kappa shape index (κ2) is 13.7. The van der Waals surface area contributed by atoms with Crippen LogP contribution in [0.3, 0.4) is 0 Å². The van der Waals surface area contributed by atoms with E-state index in [4.69, 9.17) is 0 Å². The van der Waals surface area contributed by atoms with Crippen LogP contribution >= 0.6 is 20.2 Å². The summed E-state index contributed by atoms with van der Waals surface area (Å²) in [5.74, 6) is 0. The first kappa shape index (κ1) is 34.7. The van der Waals surface area contributed by atoms with Crippen molar-refractivity contribution in [3.63, 3.8) is 0 Å². The topological polar surface area (TPSA) is 86.7 Å². The third-order valence-electron chi connectivity index (χ3n) is 4.49. The second-order valence-corrected chi connectivity index (χ2v) is 19.3. The molecule has 40 heavy (non-hydrogen) atoms. The summed E-state index contributed by atoms with van der Waals surface area (Å²) >= 11 is -4.88. The Labute approximate surface area is 247 Å². The molecule has 0 aliphatic carbocycles. The second-order valence-electron chi connectivity index (χ2n) is 8.60. The van der Waals surface area contributed by atoms with Gasteiger partial charge in [0.05, 0.1) is 0 Å². The molecule has 0 aliphatic heterocycles. The molecule has 3 rings (SSSR count). The molecule has 3 aromatic carbocycles. The molecule has 0 saturated heterocycles. The molecule has 224 valence electrons. The molecular weight excluding hydrogens is 816 g/mol. The van der Waals surface area contributed by atoms with Crippen molar-refractivity contribution in [2.24, 2.45) is 0 Å². The van der Waals surface area contributed by atoms with Crippen LogP contribution in [0.15, 0.2) is 84.9 Å². The Hall–Kier alpha value is -1.48. The van der Waals surface area contributed by atoms with E-state index < -0.39 is 73.1 Å². The van der Waals surface area contributed by atoms with Crippen molar-refractivity contribution in [1.29, 1.82) is 0 Å². The standard InChI is InChI=1S/C13H10F3IO3S.C11H13F3IO3S/c14-13(15,16)21(18,19)20-17(11-7-3-1-4-8-11)12-9-5-2-6-10-12;1-10(2,3)8-4-6-9(7-5-8)15-18-19(16,17)11(12,13)14/h1-10H;4-7H,1-3H3/q;-1. The van der Waals surface area contributed by atoms with Gasteiger partial charge in [-0.05, 0) is 0 Å². The Bertz CT molecular complexity index is 1400. The number of rotatable bonds is 7. The van der Waals surface area contributed by atoms with Gasteiger partial charge in [-0.25, -0.2) is 0 Å². The Morgan fingerprint density at radius 1 is 0.625 bits per heavy atom. The predicted octanol–water partition coefficient (Wildman–Crippen LogP) is 4.04. The summed E-state index contributed by atoms with van der Waals surface area (Å²) in [5, 5.41) is 0. The van der Waals surface area contributed by atoms with E-state index >= 15 is 0 Å². The first-order chi connectivity index (χ1) is 18.2. The van der Waals surface area contributed by atoms with Crippen LogP contribution in [-0.2, 0) is 30.7 Å². The van der Waals surface area contributed by atoms with E-state index in [1.54, 1.807) is 84.9 Å². The van der Waals surface area contributed by atoms with Gasteiger partial charge in [0, 0.05) is 0 Å². The zero-order valence-corrected chi connectivity index (χ0v) is 26.8. The number of hydrogen-bond acceptors (Lipinski definition) is 6. The first-order valence-corrected chi connectivity index (χ1v) is 18.6. The van der Waals surface area contributed by atoms with Crippen LogP contribution in [0.25, 0.3) is 0 Å². The summed E-state index contributed by atoms with van der Waals surface area (Å²) in [6.45, 7) is 6.00. The molecule has 16 heteroatoms. The van der Waals surface area contributed by atoms with E-state index in [0.717, 1.165) is 5.56 Å². The maximum absolute atomic E-state index is 12.5. The number of alkyl halides is 6. The molecule has 0 saturated carbocycles. The monoisotopic (exact) mass is 839 g/mol. The van der Waals surface area contributed by atoms with E-state index in [1.165, 1.54) is 0 Å². The number of benzene rings is 3. The minimum atomic E-state index is -5.62. The van der Waals surface area contributed by atoms with Gasteiger partial charge in [-0.3, -0.25) is 0 Å². The van der Waals surface area contributed by atoms with Crippen molar-refractivity contribution >= 4 is 40.5 Å². The van der Waals surface area contributed by atoms with Crippen molar-refractivity contribution in [3.05, 3.63) is 101 Å². The van der Waals surface area contributed by atoms with E-state index in [9.17, 15) is 43.2 Å². The van der Waals surface area contributed by atoms with E-state index in [2.05, 4.69) is 5.03 Å². The van der Waals surface area contributed by atoms with Crippen LogP contribution in [0.4, 0.5) is 26.3 Å². The summed E-state index contributed by atoms with van der Waals surface area (Å²) in [5.41, 5.74) is -9.85. The van der Waals surface area contributed by atoms with E-state index in [1.807, 2.05) is 20.8 Å². The number of hydrogen-bond donors (Lipinski definition) is 0. The molecule has 0 bridgehead atoms. The molecule has 0 unspecified atom stereocenters. The van der Waals surface area contributed by atoms with Gasteiger partial charge in [0.1, 0.15) is 0 Å². The van der Waals surface area contributed by atoms with Gasteiger partial charge < -0.3 is 0 Å². The van der Waals surface area contributed by atoms with Crippen molar-refractivity contribution < 1.29 is 69.8 Å². The van der Waals surface area contributed by atoms with Gasteiger partial charge >= 0.3 is 249 Å².